The number of piperazine rings is 1. The smallest absolute Gasteiger partial charge is 0.0244 e. The quantitative estimate of drug-likeness (QED) is 0.839. The lowest BCUT2D eigenvalue weighted by Crippen LogP contribution is -2.60. The molecule has 1 aliphatic heterocycles. The van der Waals surface area contributed by atoms with Crippen LogP contribution in [0.5, 0.6) is 0 Å². The fraction of sp³-hybridized carbons (Fsp3) is 1.00. The van der Waals surface area contributed by atoms with Crippen molar-refractivity contribution >= 4 is 0 Å². The second-order valence-corrected chi connectivity index (χ2v) is 7.69. The molecule has 4 atom stereocenters. The molecule has 0 amide bonds. The van der Waals surface area contributed by atoms with Crippen LogP contribution in [0.3, 0.4) is 0 Å². The summed E-state index contributed by atoms with van der Waals surface area (Å²) in [6.45, 7) is 15.7. The van der Waals surface area contributed by atoms with Crippen LogP contribution in [0.4, 0.5) is 0 Å². The summed E-state index contributed by atoms with van der Waals surface area (Å²) >= 11 is 0. The Balaban J connectivity index is 1.98. The predicted octanol–water partition coefficient (Wildman–Crippen LogP) is 3.38. The van der Waals surface area contributed by atoms with Crippen LogP contribution in [0.2, 0.25) is 0 Å². The van der Waals surface area contributed by atoms with Gasteiger partial charge in [0.2, 0.25) is 0 Å². The molecule has 1 N–H and O–H groups in total. The molecule has 2 rings (SSSR count). The van der Waals surface area contributed by atoms with Gasteiger partial charge in [0.25, 0.3) is 0 Å². The summed E-state index contributed by atoms with van der Waals surface area (Å²) in [5, 5.41) is 3.77. The van der Waals surface area contributed by atoms with E-state index in [4.69, 9.17) is 0 Å². The topological polar surface area (TPSA) is 15.3 Å². The normalized spacial score (nSPS) is 37.4. The highest BCUT2D eigenvalue weighted by Crippen LogP contribution is 2.33. The van der Waals surface area contributed by atoms with Crippen LogP contribution in [0.15, 0.2) is 0 Å². The first kappa shape index (κ1) is 15.3. The van der Waals surface area contributed by atoms with Crippen molar-refractivity contribution in [2.45, 2.75) is 66.0 Å². The van der Waals surface area contributed by atoms with Gasteiger partial charge in [-0.3, -0.25) is 4.90 Å². The summed E-state index contributed by atoms with van der Waals surface area (Å²) in [4.78, 5) is 2.82. The highest BCUT2D eigenvalue weighted by molar-refractivity contribution is 4.91. The van der Waals surface area contributed by atoms with Crippen molar-refractivity contribution in [3.8, 4) is 0 Å². The summed E-state index contributed by atoms with van der Waals surface area (Å²) < 4.78 is 0. The second kappa shape index (κ2) is 6.58. The molecule has 2 heteroatoms. The summed E-state index contributed by atoms with van der Waals surface area (Å²) in [6, 6.07) is 1.43. The third kappa shape index (κ3) is 3.72. The van der Waals surface area contributed by atoms with E-state index in [1.165, 1.54) is 38.9 Å². The van der Waals surface area contributed by atoms with Crippen LogP contribution in [-0.4, -0.2) is 36.6 Å². The molecule has 1 saturated carbocycles. The Morgan fingerprint density at radius 3 is 2.37 bits per heavy atom. The zero-order valence-corrected chi connectivity index (χ0v) is 13.7. The Kier molecular flexibility index (Phi) is 5.30. The zero-order chi connectivity index (χ0) is 14.0. The molecular formula is C17H34N2. The van der Waals surface area contributed by atoms with Crippen molar-refractivity contribution in [2.24, 2.45) is 23.7 Å². The standard InChI is InChI=1S/C17H34N2/c1-12(2)16-11-19(17(9-18-16)13(3)4)10-15-8-6-7-14(15)5/h12-18H,6-11H2,1-5H3. The predicted molar refractivity (Wildman–Crippen MR) is 83.3 cm³/mol. The minimum absolute atomic E-state index is 0.687. The third-order valence-electron chi connectivity index (χ3n) is 5.57. The third-order valence-corrected chi connectivity index (χ3v) is 5.57. The highest BCUT2D eigenvalue weighted by Gasteiger charge is 2.34. The SMILES string of the molecule is CC(C)C1CN(CC2CCCC2C)C(C(C)C)CN1. The van der Waals surface area contributed by atoms with Gasteiger partial charge in [0.1, 0.15) is 0 Å². The Morgan fingerprint density at radius 2 is 1.84 bits per heavy atom. The molecule has 2 fully saturated rings. The second-order valence-electron chi connectivity index (χ2n) is 7.69. The molecule has 1 aliphatic carbocycles. The van der Waals surface area contributed by atoms with Crippen LogP contribution in [0.1, 0.15) is 53.9 Å². The summed E-state index contributed by atoms with van der Waals surface area (Å²) in [6.07, 6.45) is 4.37. The first-order chi connectivity index (χ1) is 8.99. The van der Waals surface area contributed by atoms with E-state index >= 15 is 0 Å². The summed E-state index contributed by atoms with van der Waals surface area (Å²) in [7, 11) is 0. The van der Waals surface area contributed by atoms with Crippen LogP contribution in [-0.2, 0) is 0 Å². The minimum atomic E-state index is 0.687. The summed E-state index contributed by atoms with van der Waals surface area (Å²) in [5.74, 6) is 3.40. The molecule has 0 aromatic rings. The van der Waals surface area contributed by atoms with Crippen LogP contribution in [0, 0.1) is 23.7 Å². The molecule has 1 saturated heterocycles. The molecule has 2 aliphatic rings. The van der Waals surface area contributed by atoms with Crippen molar-refractivity contribution in [1.29, 1.82) is 0 Å². The fourth-order valence-corrected chi connectivity index (χ4v) is 3.96. The lowest BCUT2D eigenvalue weighted by Gasteiger charge is -2.45. The first-order valence-corrected chi connectivity index (χ1v) is 8.46. The number of nitrogens with zero attached hydrogens (tertiary/aromatic N) is 1. The Bertz CT molecular complexity index is 274. The van der Waals surface area contributed by atoms with Gasteiger partial charge in [-0.05, 0) is 30.1 Å². The number of nitrogens with one attached hydrogen (secondary N) is 1. The van der Waals surface area contributed by atoms with E-state index in [1.54, 1.807) is 0 Å². The Labute approximate surface area is 120 Å². The van der Waals surface area contributed by atoms with Gasteiger partial charge in [-0.2, -0.15) is 0 Å². The minimum Gasteiger partial charge on any atom is -0.311 e. The largest absolute Gasteiger partial charge is 0.311 e. The lowest BCUT2D eigenvalue weighted by atomic mass is 9.91. The molecule has 0 spiro atoms. The molecule has 2 nitrogen and oxygen atoms in total. The fourth-order valence-electron chi connectivity index (χ4n) is 3.96. The van der Waals surface area contributed by atoms with Crippen molar-refractivity contribution in [3.63, 3.8) is 0 Å². The van der Waals surface area contributed by atoms with Gasteiger partial charge >= 0.3 is 0 Å². The molecular weight excluding hydrogens is 232 g/mol. The lowest BCUT2D eigenvalue weighted by molar-refractivity contribution is 0.0647. The van der Waals surface area contributed by atoms with Gasteiger partial charge in [-0.1, -0.05) is 47.5 Å². The first-order valence-electron chi connectivity index (χ1n) is 8.46. The maximum absolute atomic E-state index is 3.77. The number of hydrogen-bond acceptors (Lipinski definition) is 2. The van der Waals surface area contributed by atoms with Gasteiger partial charge in [0.05, 0.1) is 0 Å². The van der Waals surface area contributed by atoms with Crippen molar-refractivity contribution < 1.29 is 0 Å². The average molecular weight is 266 g/mol. The average Bonchev–Trinajstić information content (AvgIpc) is 2.74. The van der Waals surface area contributed by atoms with Crippen molar-refractivity contribution in [3.05, 3.63) is 0 Å². The monoisotopic (exact) mass is 266 g/mol. The van der Waals surface area contributed by atoms with Crippen molar-refractivity contribution in [1.82, 2.24) is 10.2 Å². The van der Waals surface area contributed by atoms with E-state index in [1.807, 2.05) is 0 Å². The molecule has 0 aromatic carbocycles. The van der Waals surface area contributed by atoms with E-state index in [-0.39, 0.29) is 0 Å². The van der Waals surface area contributed by atoms with E-state index in [2.05, 4.69) is 44.8 Å². The van der Waals surface area contributed by atoms with Gasteiger partial charge in [0, 0.05) is 31.7 Å². The Morgan fingerprint density at radius 1 is 1.11 bits per heavy atom. The molecule has 1 heterocycles. The van der Waals surface area contributed by atoms with Crippen LogP contribution < -0.4 is 5.32 Å². The van der Waals surface area contributed by atoms with Gasteiger partial charge in [-0.25, -0.2) is 0 Å². The maximum atomic E-state index is 3.77. The number of hydrogen-bond donors (Lipinski definition) is 1. The molecule has 19 heavy (non-hydrogen) atoms. The molecule has 0 aromatic heterocycles. The Hall–Kier alpha value is -0.0800. The number of rotatable bonds is 4. The molecule has 112 valence electrons. The van der Waals surface area contributed by atoms with E-state index in [9.17, 15) is 0 Å². The van der Waals surface area contributed by atoms with Crippen LogP contribution >= 0.6 is 0 Å². The zero-order valence-electron chi connectivity index (χ0n) is 13.7. The molecule has 0 radical (unpaired) electrons. The molecule has 0 bridgehead atoms. The molecule has 4 unspecified atom stereocenters. The van der Waals surface area contributed by atoms with Crippen LogP contribution in [0.25, 0.3) is 0 Å². The van der Waals surface area contributed by atoms with Gasteiger partial charge in [-0.15, -0.1) is 0 Å². The van der Waals surface area contributed by atoms with Gasteiger partial charge in [0.15, 0.2) is 0 Å². The van der Waals surface area contributed by atoms with Crippen molar-refractivity contribution in [2.75, 3.05) is 19.6 Å². The van der Waals surface area contributed by atoms with Gasteiger partial charge < -0.3 is 5.32 Å². The highest BCUT2D eigenvalue weighted by atomic mass is 15.2. The van der Waals surface area contributed by atoms with E-state index in [0.29, 0.717) is 6.04 Å². The van der Waals surface area contributed by atoms with E-state index < -0.39 is 0 Å². The van der Waals surface area contributed by atoms with E-state index in [0.717, 1.165) is 29.7 Å². The summed E-state index contributed by atoms with van der Waals surface area (Å²) in [5.41, 5.74) is 0. The maximum Gasteiger partial charge on any atom is 0.0244 e.